The summed E-state index contributed by atoms with van der Waals surface area (Å²) in [6.45, 7) is 7.11. The third-order valence-corrected chi connectivity index (χ3v) is 6.61. The van der Waals surface area contributed by atoms with Gasteiger partial charge in [0, 0.05) is 31.1 Å². The van der Waals surface area contributed by atoms with E-state index in [9.17, 15) is 22.4 Å². The van der Waals surface area contributed by atoms with Gasteiger partial charge in [-0.15, -0.1) is 0 Å². The van der Waals surface area contributed by atoms with Crippen molar-refractivity contribution >= 4 is 27.5 Å². The number of rotatable bonds is 11. The average molecular weight is 492 g/mol. The molecule has 0 aliphatic rings. The van der Waals surface area contributed by atoms with Gasteiger partial charge in [0.2, 0.25) is 21.8 Å². The Morgan fingerprint density at radius 3 is 2.24 bits per heavy atom. The molecule has 2 amide bonds. The molecule has 1 N–H and O–H groups in total. The van der Waals surface area contributed by atoms with E-state index >= 15 is 0 Å². The fraction of sp³-hybridized carbons (Fsp3) is 0.440. The van der Waals surface area contributed by atoms with Crippen LogP contribution in [0.1, 0.15) is 44.7 Å². The molecule has 0 spiro atoms. The molecule has 0 bridgehead atoms. The zero-order valence-electron chi connectivity index (χ0n) is 20.4. The van der Waals surface area contributed by atoms with Crippen molar-refractivity contribution in [2.45, 2.75) is 59.2 Å². The molecule has 0 heterocycles. The Bertz CT molecular complexity index is 1100. The molecule has 7 nitrogen and oxygen atoms in total. The van der Waals surface area contributed by atoms with Gasteiger partial charge in [0.25, 0.3) is 0 Å². The molecule has 1 atom stereocenters. The van der Waals surface area contributed by atoms with E-state index in [-0.39, 0.29) is 43.8 Å². The van der Waals surface area contributed by atoms with Gasteiger partial charge in [-0.2, -0.15) is 0 Å². The van der Waals surface area contributed by atoms with Crippen LogP contribution in [0.5, 0.6) is 0 Å². The second kappa shape index (κ2) is 12.0. The smallest absolute Gasteiger partial charge is 0.242 e. The van der Waals surface area contributed by atoms with E-state index in [1.165, 1.54) is 15.3 Å². The Labute approximate surface area is 202 Å². The van der Waals surface area contributed by atoms with Gasteiger partial charge in [0.05, 0.1) is 11.9 Å². The number of nitrogens with zero attached hydrogens (tertiary/aromatic N) is 2. The number of aryl methyl sites for hydroxylation is 1. The zero-order valence-corrected chi connectivity index (χ0v) is 21.2. The van der Waals surface area contributed by atoms with Crippen molar-refractivity contribution in [3.8, 4) is 0 Å². The van der Waals surface area contributed by atoms with Crippen LogP contribution in [-0.2, 0) is 26.2 Å². The largest absolute Gasteiger partial charge is 0.352 e. The minimum Gasteiger partial charge on any atom is -0.352 e. The lowest BCUT2D eigenvalue weighted by atomic mass is 10.1. The summed E-state index contributed by atoms with van der Waals surface area (Å²) in [7, 11) is -3.56. The monoisotopic (exact) mass is 491 g/mol. The van der Waals surface area contributed by atoms with Crippen LogP contribution in [0.2, 0.25) is 0 Å². The number of amides is 2. The van der Waals surface area contributed by atoms with Gasteiger partial charge < -0.3 is 10.2 Å². The molecule has 0 unspecified atom stereocenters. The Kier molecular flexibility index (Phi) is 9.61. The first-order chi connectivity index (χ1) is 15.9. The minimum atomic E-state index is -3.56. The van der Waals surface area contributed by atoms with Gasteiger partial charge in [-0.3, -0.25) is 13.9 Å². The van der Waals surface area contributed by atoms with Gasteiger partial charge in [-0.25, -0.2) is 12.8 Å². The van der Waals surface area contributed by atoms with Gasteiger partial charge in [0.1, 0.15) is 11.9 Å². The molecule has 0 fully saturated rings. The standard InChI is InChI=1S/C25H34FN3O4S/c1-18(2)27-25(31)20(4)28(17-21-12-7-8-13-22(21)26)24(30)15-10-16-29(34(5,32)33)23-14-9-6-11-19(23)3/h6-9,11-14,18,20H,10,15-17H2,1-5H3,(H,27,31)/t20-/m1/s1. The van der Waals surface area contributed by atoms with E-state index in [0.717, 1.165) is 11.8 Å². The second-order valence-electron chi connectivity index (χ2n) is 8.68. The van der Waals surface area contributed by atoms with Crippen LogP contribution in [0, 0.1) is 12.7 Å². The number of anilines is 1. The summed E-state index contributed by atoms with van der Waals surface area (Å²) in [6.07, 6.45) is 1.38. The summed E-state index contributed by atoms with van der Waals surface area (Å²) in [5.74, 6) is -1.15. The summed E-state index contributed by atoms with van der Waals surface area (Å²) >= 11 is 0. The number of hydrogen-bond donors (Lipinski definition) is 1. The first kappa shape index (κ1) is 27.3. The maximum atomic E-state index is 14.3. The summed E-state index contributed by atoms with van der Waals surface area (Å²) in [4.78, 5) is 27.1. The molecule has 2 aromatic carbocycles. The van der Waals surface area contributed by atoms with Crippen LogP contribution in [0.4, 0.5) is 10.1 Å². The first-order valence-corrected chi connectivity index (χ1v) is 13.1. The Morgan fingerprint density at radius 1 is 1.03 bits per heavy atom. The number of carbonyl (C=O) groups excluding carboxylic acids is 2. The van der Waals surface area contributed by atoms with Gasteiger partial charge in [-0.1, -0.05) is 36.4 Å². The van der Waals surface area contributed by atoms with E-state index in [0.29, 0.717) is 11.3 Å². The first-order valence-electron chi connectivity index (χ1n) is 11.3. The number of para-hydroxylation sites is 1. The minimum absolute atomic E-state index is 0.00561. The molecule has 186 valence electrons. The third kappa shape index (κ3) is 7.55. The highest BCUT2D eigenvalue weighted by Gasteiger charge is 2.27. The highest BCUT2D eigenvalue weighted by atomic mass is 32.2. The van der Waals surface area contributed by atoms with Crippen molar-refractivity contribution in [1.82, 2.24) is 10.2 Å². The van der Waals surface area contributed by atoms with Gasteiger partial charge >= 0.3 is 0 Å². The Balaban J connectivity index is 2.19. The van der Waals surface area contributed by atoms with Crippen molar-refractivity contribution in [2.75, 3.05) is 17.1 Å². The molecule has 0 aliphatic carbocycles. The van der Waals surface area contributed by atoms with Crippen molar-refractivity contribution in [1.29, 1.82) is 0 Å². The van der Waals surface area contributed by atoms with E-state index in [1.54, 1.807) is 37.3 Å². The number of halogens is 1. The topological polar surface area (TPSA) is 86.8 Å². The Hall–Kier alpha value is -2.94. The molecular formula is C25H34FN3O4S. The van der Waals surface area contributed by atoms with Crippen molar-refractivity contribution in [3.05, 3.63) is 65.5 Å². The van der Waals surface area contributed by atoms with Crippen LogP contribution < -0.4 is 9.62 Å². The normalized spacial score (nSPS) is 12.3. The lowest BCUT2D eigenvalue weighted by Gasteiger charge is -2.30. The van der Waals surface area contributed by atoms with E-state index < -0.39 is 21.9 Å². The van der Waals surface area contributed by atoms with Crippen molar-refractivity contribution < 1.29 is 22.4 Å². The van der Waals surface area contributed by atoms with Crippen LogP contribution in [-0.4, -0.2) is 50.0 Å². The maximum Gasteiger partial charge on any atom is 0.242 e. The number of benzene rings is 2. The van der Waals surface area contributed by atoms with E-state index in [2.05, 4.69) is 5.32 Å². The number of hydrogen-bond acceptors (Lipinski definition) is 4. The van der Waals surface area contributed by atoms with Gasteiger partial charge in [-0.05, 0) is 51.8 Å². The quantitative estimate of drug-likeness (QED) is 0.520. The van der Waals surface area contributed by atoms with E-state index in [4.69, 9.17) is 0 Å². The lowest BCUT2D eigenvalue weighted by molar-refractivity contribution is -0.140. The highest BCUT2D eigenvalue weighted by Crippen LogP contribution is 2.23. The van der Waals surface area contributed by atoms with E-state index in [1.807, 2.05) is 32.9 Å². The van der Waals surface area contributed by atoms with Crippen molar-refractivity contribution in [3.63, 3.8) is 0 Å². The summed E-state index contributed by atoms with van der Waals surface area (Å²) in [5.41, 5.74) is 1.67. The molecule has 2 aromatic rings. The van der Waals surface area contributed by atoms with Gasteiger partial charge in [0.15, 0.2) is 0 Å². The molecule has 0 radical (unpaired) electrons. The van der Waals surface area contributed by atoms with Crippen LogP contribution in [0.25, 0.3) is 0 Å². The number of sulfonamides is 1. The summed E-state index contributed by atoms with van der Waals surface area (Å²) in [5, 5.41) is 2.79. The fourth-order valence-electron chi connectivity index (χ4n) is 3.62. The third-order valence-electron chi connectivity index (χ3n) is 5.43. The highest BCUT2D eigenvalue weighted by molar-refractivity contribution is 7.92. The summed E-state index contributed by atoms with van der Waals surface area (Å²) in [6, 6.07) is 12.3. The molecule has 9 heteroatoms. The van der Waals surface area contributed by atoms with Crippen LogP contribution >= 0.6 is 0 Å². The Morgan fingerprint density at radius 2 is 1.65 bits per heavy atom. The molecule has 2 rings (SSSR count). The zero-order chi connectivity index (χ0) is 25.5. The van der Waals surface area contributed by atoms with Crippen molar-refractivity contribution in [2.24, 2.45) is 0 Å². The molecule has 0 aromatic heterocycles. The molecule has 0 saturated heterocycles. The maximum absolute atomic E-state index is 14.3. The summed E-state index contributed by atoms with van der Waals surface area (Å²) < 4.78 is 40.4. The molecule has 34 heavy (non-hydrogen) atoms. The van der Waals surface area contributed by atoms with Crippen LogP contribution in [0.3, 0.4) is 0 Å². The SMILES string of the molecule is Cc1ccccc1N(CCCC(=O)N(Cc1ccccc1F)[C@H](C)C(=O)NC(C)C)S(C)(=O)=O. The molecule has 0 saturated carbocycles. The second-order valence-corrected chi connectivity index (χ2v) is 10.6. The fourth-order valence-corrected chi connectivity index (χ4v) is 4.65. The molecular weight excluding hydrogens is 457 g/mol. The lowest BCUT2D eigenvalue weighted by Crippen LogP contribution is -2.49. The number of nitrogens with one attached hydrogen (secondary N) is 1. The predicted molar refractivity (Wildman–Crippen MR) is 132 cm³/mol. The van der Waals surface area contributed by atoms with Crippen LogP contribution in [0.15, 0.2) is 48.5 Å². The number of carbonyl (C=O) groups is 2. The molecule has 0 aliphatic heterocycles. The average Bonchev–Trinajstić information content (AvgIpc) is 2.75. The predicted octanol–water partition coefficient (Wildman–Crippen LogP) is 3.62.